The maximum absolute atomic E-state index is 11.1. The molecule has 5 heteroatoms. The standard InChI is InChI=1S/C15H16N2O3/c1-3-11-7-10(15(18)19)8-14(16-11)17-12-5-4-6-13(9-12)20-2/h4-9H,3H2,1-2H3,(H,16,17)(H,18,19). The SMILES string of the molecule is CCc1cc(C(=O)O)cc(Nc2cccc(OC)c2)n1. The predicted octanol–water partition coefficient (Wildman–Crippen LogP) is 3.09. The largest absolute Gasteiger partial charge is 0.497 e. The minimum absolute atomic E-state index is 0.224. The van der Waals surface area contributed by atoms with Crippen molar-refractivity contribution in [2.75, 3.05) is 12.4 Å². The van der Waals surface area contributed by atoms with Crippen LogP contribution in [0.25, 0.3) is 0 Å². The van der Waals surface area contributed by atoms with Crippen molar-refractivity contribution in [1.82, 2.24) is 4.98 Å². The smallest absolute Gasteiger partial charge is 0.335 e. The van der Waals surface area contributed by atoms with Crippen LogP contribution in [0.5, 0.6) is 5.75 Å². The van der Waals surface area contributed by atoms with E-state index in [0.717, 1.165) is 17.1 Å². The molecular weight excluding hydrogens is 256 g/mol. The molecule has 0 spiro atoms. The zero-order chi connectivity index (χ0) is 14.5. The van der Waals surface area contributed by atoms with E-state index in [2.05, 4.69) is 10.3 Å². The lowest BCUT2D eigenvalue weighted by atomic mass is 10.2. The molecule has 0 aliphatic heterocycles. The average Bonchev–Trinajstić information content (AvgIpc) is 2.47. The van der Waals surface area contributed by atoms with Crippen LogP contribution < -0.4 is 10.1 Å². The fraction of sp³-hybridized carbons (Fsp3) is 0.200. The number of nitrogens with zero attached hydrogens (tertiary/aromatic N) is 1. The Kier molecular flexibility index (Phi) is 4.20. The van der Waals surface area contributed by atoms with E-state index >= 15 is 0 Å². The van der Waals surface area contributed by atoms with Crippen LogP contribution in [0, 0.1) is 0 Å². The van der Waals surface area contributed by atoms with Gasteiger partial charge >= 0.3 is 5.97 Å². The molecule has 2 N–H and O–H groups in total. The molecule has 104 valence electrons. The van der Waals surface area contributed by atoms with E-state index < -0.39 is 5.97 Å². The zero-order valence-corrected chi connectivity index (χ0v) is 11.4. The molecule has 0 amide bonds. The molecule has 0 atom stereocenters. The van der Waals surface area contributed by atoms with Crippen LogP contribution in [0.4, 0.5) is 11.5 Å². The topological polar surface area (TPSA) is 71.5 Å². The van der Waals surface area contributed by atoms with Crippen molar-refractivity contribution in [2.45, 2.75) is 13.3 Å². The maximum atomic E-state index is 11.1. The van der Waals surface area contributed by atoms with Gasteiger partial charge < -0.3 is 15.2 Å². The third-order valence-corrected chi connectivity index (χ3v) is 2.83. The monoisotopic (exact) mass is 272 g/mol. The van der Waals surface area contributed by atoms with Gasteiger partial charge in [0.1, 0.15) is 11.6 Å². The first-order valence-electron chi connectivity index (χ1n) is 6.27. The summed E-state index contributed by atoms with van der Waals surface area (Å²) in [4.78, 5) is 15.5. The summed E-state index contributed by atoms with van der Waals surface area (Å²) in [6.07, 6.45) is 0.675. The number of aromatic carboxylic acids is 1. The normalized spacial score (nSPS) is 10.1. The Hall–Kier alpha value is -2.56. The minimum Gasteiger partial charge on any atom is -0.497 e. The van der Waals surface area contributed by atoms with Crippen molar-refractivity contribution in [3.8, 4) is 5.75 Å². The Bertz CT molecular complexity index is 626. The van der Waals surface area contributed by atoms with Crippen LogP contribution in [-0.2, 0) is 6.42 Å². The number of methoxy groups -OCH3 is 1. The van der Waals surface area contributed by atoms with Gasteiger partial charge in [0.2, 0.25) is 0 Å². The average molecular weight is 272 g/mol. The number of aromatic nitrogens is 1. The third kappa shape index (κ3) is 3.26. The van der Waals surface area contributed by atoms with Crippen molar-refractivity contribution in [3.05, 3.63) is 47.7 Å². The fourth-order valence-electron chi connectivity index (χ4n) is 1.81. The number of nitrogens with one attached hydrogen (secondary N) is 1. The zero-order valence-electron chi connectivity index (χ0n) is 11.4. The molecule has 0 saturated carbocycles. The Balaban J connectivity index is 2.32. The summed E-state index contributed by atoms with van der Waals surface area (Å²) < 4.78 is 5.14. The number of hydrogen-bond acceptors (Lipinski definition) is 4. The predicted molar refractivity (Wildman–Crippen MR) is 76.9 cm³/mol. The van der Waals surface area contributed by atoms with Crippen LogP contribution in [0.15, 0.2) is 36.4 Å². The van der Waals surface area contributed by atoms with Crippen molar-refractivity contribution in [1.29, 1.82) is 0 Å². The molecule has 0 bridgehead atoms. The van der Waals surface area contributed by atoms with Crippen molar-refractivity contribution in [2.24, 2.45) is 0 Å². The summed E-state index contributed by atoms with van der Waals surface area (Å²) in [5, 5.41) is 12.2. The van der Waals surface area contributed by atoms with Crippen molar-refractivity contribution < 1.29 is 14.6 Å². The van der Waals surface area contributed by atoms with Crippen molar-refractivity contribution >= 4 is 17.5 Å². The highest BCUT2D eigenvalue weighted by atomic mass is 16.5. The second-order valence-corrected chi connectivity index (χ2v) is 4.25. The van der Waals surface area contributed by atoms with E-state index in [0.29, 0.717) is 12.2 Å². The highest BCUT2D eigenvalue weighted by Gasteiger charge is 2.08. The first kappa shape index (κ1) is 13.9. The van der Waals surface area contributed by atoms with Crippen LogP contribution in [0.2, 0.25) is 0 Å². The van der Waals surface area contributed by atoms with Gasteiger partial charge in [0.25, 0.3) is 0 Å². The molecule has 2 aromatic rings. The third-order valence-electron chi connectivity index (χ3n) is 2.83. The summed E-state index contributed by atoms with van der Waals surface area (Å²) in [6, 6.07) is 10.5. The van der Waals surface area contributed by atoms with Gasteiger partial charge in [-0.3, -0.25) is 0 Å². The molecule has 0 radical (unpaired) electrons. The molecule has 1 aromatic heterocycles. The second-order valence-electron chi connectivity index (χ2n) is 4.25. The molecular formula is C15H16N2O3. The summed E-state index contributed by atoms with van der Waals surface area (Å²) in [5.74, 6) is 0.269. The van der Waals surface area contributed by atoms with E-state index in [9.17, 15) is 4.79 Å². The highest BCUT2D eigenvalue weighted by Crippen LogP contribution is 2.21. The van der Waals surface area contributed by atoms with Gasteiger partial charge in [-0.1, -0.05) is 13.0 Å². The minimum atomic E-state index is -0.962. The van der Waals surface area contributed by atoms with E-state index in [1.165, 1.54) is 6.07 Å². The molecule has 0 aliphatic rings. The van der Waals surface area contributed by atoms with Gasteiger partial charge in [-0.15, -0.1) is 0 Å². The lowest BCUT2D eigenvalue weighted by Gasteiger charge is -2.09. The summed E-state index contributed by atoms with van der Waals surface area (Å²) >= 11 is 0. The number of aryl methyl sites for hydroxylation is 1. The summed E-state index contributed by atoms with van der Waals surface area (Å²) in [6.45, 7) is 1.93. The number of anilines is 2. The highest BCUT2D eigenvalue weighted by molar-refractivity contribution is 5.88. The van der Waals surface area contributed by atoms with E-state index in [1.807, 2.05) is 31.2 Å². The lowest BCUT2D eigenvalue weighted by molar-refractivity contribution is 0.0696. The number of carboxylic acid groups (broad SMARTS) is 1. The summed E-state index contributed by atoms with van der Waals surface area (Å²) in [5.41, 5.74) is 1.75. The fourth-order valence-corrected chi connectivity index (χ4v) is 1.81. The Labute approximate surface area is 117 Å². The number of carboxylic acids is 1. The second kappa shape index (κ2) is 6.06. The van der Waals surface area contributed by atoms with Crippen LogP contribution in [0.1, 0.15) is 23.0 Å². The Morgan fingerprint density at radius 2 is 2.15 bits per heavy atom. The van der Waals surface area contributed by atoms with Gasteiger partial charge in [0.15, 0.2) is 0 Å². The number of hydrogen-bond donors (Lipinski definition) is 2. The van der Waals surface area contributed by atoms with Gasteiger partial charge in [-0.25, -0.2) is 9.78 Å². The number of ether oxygens (including phenoxy) is 1. The molecule has 2 rings (SSSR count). The van der Waals surface area contributed by atoms with Gasteiger partial charge in [-0.05, 0) is 30.7 Å². The number of benzene rings is 1. The van der Waals surface area contributed by atoms with Gasteiger partial charge in [-0.2, -0.15) is 0 Å². The molecule has 1 aromatic carbocycles. The first-order chi connectivity index (χ1) is 9.62. The number of carbonyl (C=O) groups is 1. The van der Waals surface area contributed by atoms with E-state index in [-0.39, 0.29) is 5.56 Å². The van der Waals surface area contributed by atoms with Gasteiger partial charge in [0.05, 0.1) is 12.7 Å². The van der Waals surface area contributed by atoms with Crippen molar-refractivity contribution in [3.63, 3.8) is 0 Å². The molecule has 5 nitrogen and oxygen atoms in total. The molecule has 20 heavy (non-hydrogen) atoms. The molecule has 0 fully saturated rings. The first-order valence-corrected chi connectivity index (χ1v) is 6.27. The number of rotatable bonds is 5. The maximum Gasteiger partial charge on any atom is 0.335 e. The summed E-state index contributed by atoms with van der Waals surface area (Å²) in [7, 11) is 1.59. The van der Waals surface area contributed by atoms with Crippen LogP contribution in [0.3, 0.4) is 0 Å². The van der Waals surface area contributed by atoms with Crippen LogP contribution in [-0.4, -0.2) is 23.2 Å². The lowest BCUT2D eigenvalue weighted by Crippen LogP contribution is -2.03. The van der Waals surface area contributed by atoms with Gasteiger partial charge in [0, 0.05) is 17.4 Å². The quantitative estimate of drug-likeness (QED) is 0.875. The molecule has 1 heterocycles. The molecule has 0 aliphatic carbocycles. The van der Waals surface area contributed by atoms with E-state index in [4.69, 9.17) is 9.84 Å². The Morgan fingerprint density at radius 1 is 1.35 bits per heavy atom. The molecule has 0 saturated heterocycles. The van der Waals surface area contributed by atoms with E-state index in [1.54, 1.807) is 13.2 Å². The molecule has 0 unspecified atom stereocenters. The Morgan fingerprint density at radius 3 is 2.80 bits per heavy atom. The van der Waals surface area contributed by atoms with Crippen LogP contribution >= 0.6 is 0 Å². The number of pyridine rings is 1.